The smallest absolute Gasteiger partial charge is 0.255 e. The van der Waals surface area contributed by atoms with E-state index >= 15 is 0 Å². The van der Waals surface area contributed by atoms with Crippen molar-refractivity contribution in [1.82, 2.24) is 15.5 Å². The molecule has 2 rings (SSSR count). The van der Waals surface area contributed by atoms with Crippen LogP contribution in [0.15, 0.2) is 28.8 Å². The molecule has 1 heterocycles. The minimum absolute atomic E-state index is 0.212. The maximum absolute atomic E-state index is 12.3. The lowest BCUT2D eigenvalue weighted by Gasteiger charge is -2.12. The van der Waals surface area contributed by atoms with Gasteiger partial charge in [0.25, 0.3) is 11.8 Å². The summed E-state index contributed by atoms with van der Waals surface area (Å²) in [4.78, 5) is 27.3. The van der Waals surface area contributed by atoms with Crippen molar-refractivity contribution in [3.8, 4) is 5.75 Å². The van der Waals surface area contributed by atoms with Crippen LogP contribution in [0, 0.1) is 0 Å². The summed E-state index contributed by atoms with van der Waals surface area (Å²) in [5.74, 6) is 0.531. The summed E-state index contributed by atoms with van der Waals surface area (Å²) in [5, 5.41) is 6.74. The second-order valence-electron chi connectivity index (χ2n) is 6.68. The third kappa shape index (κ3) is 5.03. The van der Waals surface area contributed by atoms with Crippen LogP contribution in [0.5, 0.6) is 5.75 Å². The third-order valence-electron chi connectivity index (χ3n) is 3.33. The molecule has 8 nitrogen and oxygen atoms in total. The van der Waals surface area contributed by atoms with E-state index in [0.717, 1.165) is 0 Å². The molecule has 1 aromatic carbocycles. The summed E-state index contributed by atoms with van der Waals surface area (Å²) in [6, 6.07) is 5.93. The minimum atomic E-state index is -0.565. The van der Waals surface area contributed by atoms with E-state index in [1.165, 1.54) is 0 Å². The first kappa shape index (κ1) is 18.4. The number of rotatable bonds is 6. The van der Waals surface area contributed by atoms with E-state index in [2.05, 4.69) is 15.5 Å². The van der Waals surface area contributed by atoms with Crippen LogP contribution in [0.4, 0.5) is 0 Å². The Morgan fingerprint density at radius 2 is 1.92 bits per heavy atom. The van der Waals surface area contributed by atoms with Gasteiger partial charge >= 0.3 is 0 Å². The average Bonchev–Trinajstić information content (AvgIpc) is 3.03. The number of nitrogens with two attached hydrogens (primary N) is 1. The van der Waals surface area contributed by atoms with Gasteiger partial charge < -0.3 is 20.3 Å². The Labute approximate surface area is 145 Å². The quantitative estimate of drug-likeness (QED) is 0.821. The van der Waals surface area contributed by atoms with Crippen LogP contribution in [-0.4, -0.2) is 28.6 Å². The van der Waals surface area contributed by atoms with Gasteiger partial charge in [0.05, 0.1) is 0 Å². The first-order valence-corrected chi connectivity index (χ1v) is 7.83. The van der Waals surface area contributed by atoms with Crippen LogP contribution in [-0.2, 0) is 10.2 Å². The van der Waals surface area contributed by atoms with Crippen LogP contribution in [0.25, 0.3) is 0 Å². The molecule has 0 bridgehead atoms. The second-order valence-corrected chi connectivity index (χ2v) is 6.68. The number of nitrogens with zero attached hydrogens (tertiary/aromatic N) is 2. The number of hydrogen-bond donors (Lipinski definition) is 2. The molecule has 25 heavy (non-hydrogen) atoms. The Morgan fingerprint density at radius 3 is 2.44 bits per heavy atom. The Balaban J connectivity index is 1.99. The predicted octanol–water partition coefficient (Wildman–Crippen LogP) is 1.72. The molecular weight excluding hydrogens is 324 g/mol. The highest BCUT2D eigenvalue weighted by atomic mass is 16.5. The summed E-state index contributed by atoms with van der Waals surface area (Å²) in [5.41, 5.74) is 5.22. The summed E-state index contributed by atoms with van der Waals surface area (Å²) >= 11 is 0. The zero-order chi connectivity index (χ0) is 18.6. The van der Waals surface area contributed by atoms with E-state index < -0.39 is 11.9 Å². The SMILES string of the molecule is CC(NC(=O)c1ccc(OCC(N)=O)cc1)c1nc(C(C)(C)C)no1. The fourth-order valence-electron chi connectivity index (χ4n) is 1.91. The Morgan fingerprint density at radius 1 is 1.28 bits per heavy atom. The summed E-state index contributed by atoms with van der Waals surface area (Å²) < 4.78 is 10.4. The maximum atomic E-state index is 12.3. The van der Waals surface area contributed by atoms with Gasteiger partial charge in [-0.05, 0) is 31.2 Å². The first-order chi connectivity index (χ1) is 11.7. The monoisotopic (exact) mass is 346 g/mol. The van der Waals surface area contributed by atoms with Crippen LogP contribution in [0.1, 0.15) is 55.8 Å². The molecule has 2 aromatic rings. The van der Waals surface area contributed by atoms with Crippen molar-refractivity contribution in [1.29, 1.82) is 0 Å². The number of nitrogens with one attached hydrogen (secondary N) is 1. The normalized spacial score (nSPS) is 12.5. The van der Waals surface area contributed by atoms with Gasteiger partial charge in [-0.3, -0.25) is 9.59 Å². The molecular formula is C17H22N4O4. The molecule has 8 heteroatoms. The topological polar surface area (TPSA) is 120 Å². The molecule has 0 saturated carbocycles. The summed E-state index contributed by atoms with van der Waals surface area (Å²) in [6.07, 6.45) is 0. The molecule has 0 saturated heterocycles. The number of primary amides is 1. The molecule has 134 valence electrons. The summed E-state index contributed by atoms with van der Waals surface area (Å²) in [7, 11) is 0. The van der Waals surface area contributed by atoms with Crippen LogP contribution in [0.2, 0.25) is 0 Å². The molecule has 0 radical (unpaired) electrons. The first-order valence-electron chi connectivity index (χ1n) is 7.83. The Kier molecular flexibility index (Phi) is 5.41. The van der Waals surface area contributed by atoms with E-state index in [0.29, 0.717) is 23.0 Å². The highest BCUT2D eigenvalue weighted by molar-refractivity contribution is 5.94. The Bertz CT molecular complexity index is 747. The zero-order valence-corrected chi connectivity index (χ0v) is 14.7. The number of amides is 2. The maximum Gasteiger partial charge on any atom is 0.255 e. The fraction of sp³-hybridized carbons (Fsp3) is 0.412. The van der Waals surface area contributed by atoms with Gasteiger partial charge in [0.15, 0.2) is 12.4 Å². The minimum Gasteiger partial charge on any atom is -0.484 e. The third-order valence-corrected chi connectivity index (χ3v) is 3.33. The van der Waals surface area contributed by atoms with Gasteiger partial charge in [-0.2, -0.15) is 4.98 Å². The van der Waals surface area contributed by atoms with Gasteiger partial charge in [0, 0.05) is 11.0 Å². The van der Waals surface area contributed by atoms with Crippen molar-refractivity contribution in [3.63, 3.8) is 0 Å². The standard InChI is InChI=1S/C17H22N4O4/c1-10(15-20-16(21-25-15)17(2,3)4)19-14(23)11-5-7-12(8-6-11)24-9-13(18)22/h5-8,10H,9H2,1-4H3,(H2,18,22)(H,19,23). The number of benzene rings is 1. The van der Waals surface area contributed by atoms with Crippen LogP contribution in [0.3, 0.4) is 0 Å². The largest absolute Gasteiger partial charge is 0.484 e. The number of aromatic nitrogens is 2. The molecule has 1 aromatic heterocycles. The zero-order valence-electron chi connectivity index (χ0n) is 14.7. The van der Waals surface area contributed by atoms with Gasteiger partial charge in [-0.25, -0.2) is 0 Å². The fourth-order valence-corrected chi connectivity index (χ4v) is 1.91. The van der Waals surface area contributed by atoms with Gasteiger partial charge in [-0.1, -0.05) is 25.9 Å². The lowest BCUT2D eigenvalue weighted by molar-refractivity contribution is -0.119. The number of carbonyl (C=O) groups is 2. The van der Waals surface area contributed by atoms with Crippen molar-refractivity contribution in [2.45, 2.75) is 39.2 Å². The number of carbonyl (C=O) groups excluding carboxylic acids is 2. The van der Waals surface area contributed by atoms with Crippen molar-refractivity contribution in [3.05, 3.63) is 41.5 Å². The van der Waals surface area contributed by atoms with Crippen LogP contribution >= 0.6 is 0 Å². The molecule has 0 aliphatic carbocycles. The van der Waals surface area contributed by atoms with E-state index in [4.69, 9.17) is 15.0 Å². The van der Waals surface area contributed by atoms with E-state index in [9.17, 15) is 9.59 Å². The lowest BCUT2D eigenvalue weighted by atomic mass is 9.96. The predicted molar refractivity (Wildman–Crippen MR) is 90.0 cm³/mol. The number of hydrogen-bond acceptors (Lipinski definition) is 6. The lowest BCUT2D eigenvalue weighted by Crippen LogP contribution is -2.27. The Hall–Kier alpha value is -2.90. The molecule has 1 unspecified atom stereocenters. The molecule has 0 fully saturated rings. The molecule has 2 amide bonds. The van der Waals surface area contributed by atoms with Gasteiger partial charge in [-0.15, -0.1) is 0 Å². The van der Waals surface area contributed by atoms with Crippen molar-refractivity contribution in [2.24, 2.45) is 5.73 Å². The van der Waals surface area contributed by atoms with Crippen molar-refractivity contribution < 1.29 is 18.8 Å². The van der Waals surface area contributed by atoms with E-state index in [1.807, 2.05) is 20.8 Å². The number of ether oxygens (including phenoxy) is 1. The molecule has 0 aliphatic heterocycles. The molecule has 0 aliphatic rings. The van der Waals surface area contributed by atoms with E-state index in [-0.39, 0.29) is 17.9 Å². The summed E-state index contributed by atoms with van der Waals surface area (Å²) in [6.45, 7) is 7.49. The van der Waals surface area contributed by atoms with Crippen molar-refractivity contribution >= 4 is 11.8 Å². The molecule has 0 spiro atoms. The van der Waals surface area contributed by atoms with Gasteiger partial charge in [0.1, 0.15) is 11.8 Å². The molecule has 1 atom stereocenters. The average molecular weight is 346 g/mol. The van der Waals surface area contributed by atoms with Gasteiger partial charge in [0.2, 0.25) is 5.89 Å². The van der Waals surface area contributed by atoms with E-state index in [1.54, 1.807) is 31.2 Å². The van der Waals surface area contributed by atoms with Crippen LogP contribution < -0.4 is 15.8 Å². The van der Waals surface area contributed by atoms with Crippen molar-refractivity contribution in [2.75, 3.05) is 6.61 Å². The molecule has 3 N–H and O–H groups in total. The highest BCUT2D eigenvalue weighted by Gasteiger charge is 2.24. The highest BCUT2D eigenvalue weighted by Crippen LogP contribution is 2.21. The second kappa shape index (κ2) is 7.33.